The first-order valence-corrected chi connectivity index (χ1v) is 4.95. The maximum absolute atomic E-state index is 10.7. The smallest absolute Gasteiger partial charge is 0.307 e. The average molecular weight is 206 g/mol. The first-order valence-electron chi connectivity index (χ1n) is 4.95. The van der Waals surface area contributed by atoms with E-state index >= 15 is 0 Å². The lowest BCUT2D eigenvalue weighted by molar-refractivity contribution is -0.138. The fraction of sp³-hybridized carbons (Fsp3) is 0.455. The van der Waals surface area contributed by atoms with E-state index in [1.807, 2.05) is 31.1 Å². The van der Waals surface area contributed by atoms with Crippen LogP contribution in [0.2, 0.25) is 0 Å². The van der Waals surface area contributed by atoms with Gasteiger partial charge in [0.2, 0.25) is 0 Å². The molecule has 2 unspecified atom stereocenters. The van der Waals surface area contributed by atoms with Crippen molar-refractivity contribution in [2.24, 2.45) is 5.92 Å². The van der Waals surface area contributed by atoms with Gasteiger partial charge in [-0.15, -0.1) is 0 Å². The van der Waals surface area contributed by atoms with Gasteiger partial charge in [0.15, 0.2) is 0 Å². The monoisotopic (exact) mass is 206 g/mol. The number of hydrogen-bond donors (Lipinski definition) is 1. The van der Waals surface area contributed by atoms with Crippen LogP contribution in [0.3, 0.4) is 0 Å². The molecule has 15 heavy (non-hydrogen) atoms. The van der Waals surface area contributed by atoms with E-state index in [9.17, 15) is 4.79 Å². The number of rotatable bonds is 3. The SMILES string of the molecule is CN(C)c1ccc(C2CC2C(=O)O)cn1. The van der Waals surface area contributed by atoms with Crippen molar-refractivity contribution in [1.29, 1.82) is 0 Å². The van der Waals surface area contributed by atoms with Crippen LogP contribution >= 0.6 is 0 Å². The van der Waals surface area contributed by atoms with Crippen LogP contribution in [-0.4, -0.2) is 30.2 Å². The number of aromatic nitrogens is 1. The van der Waals surface area contributed by atoms with Gasteiger partial charge in [-0.05, 0) is 24.0 Å². The number of carboxylic acid groups (broad SMARTS) is 1. The zero-order valence-electron chi connectivity index (χ0n) is 8.84. The maximum atomic E-state index is 10.7. The Morgan fingerprint density at radius 1 is 1.53 bits per heavy atom. The summed E-state index contributed by atoms with van der Waals surface area (Å²) in [5.74, 6) is 0.172. The van der Waals surface area contributed by atoms with Crippen molar-refractivity contribution in [3.63, 3.8) is 0 Å². The van der Waals surface area contributed by atoms with E-state index in [4.69, 9.17) is 5.11 Å². The van der Waals surface area contributed by atoms with Crippen LogP contribution in [0.15, 0.2) is 18.3 Å². The van der Waals surface area contributed by atoms with Gasteiger partial charge in [0.05, 0.1) is 5.92 Å². The fourth-order valence-corrected chi connectivity index (χ4v) is 1.72. The minimum Gasteiger partial charge on any atom is -0.481 e. The lowest BCUT2D eigenvalue weighted by atomic mass is 10.1. The Morgan fingerprint density at radius 2 is 2.27 bits per heavy atom. The van der Waals surface area contributed by atoms with Crippen LogP contribution in [-0.2, 0) is 4.79 Å². The van der Waals surface area contributed by atoms with Crippen LogP contribution in [0.4, 0.5) is 5.82 Å². The molecule has 0 spiro atoms. The van der Waals surface area contributed by atoms with Crippen LogP contribution in [0, 0.1) is 5.92 Å². The molecule has 4 heteroatoms. The molecule has 0 bridgehead atoms. The molecule has 1 aliphatic carbocycles. The van der Waals surface area contributed by atoms with Crippen molar-refractivity contribution >= 4 is 11.8 Å². The third kappa shape index (κ3) is 1.93. The highest BCUT2D eigenvalue weighted by atomic mass is 16.4. The summed E-state index contributed by atoms with van der Waals surface area (Å²) in [6, 6.07) is 3.89. The molecule has 0 radical (unpaired) electrons. The summed E-state index contributed by atoms with van der Waals surface area (Å²) in [5, 5.41) is 8.80. The Hall–Kier alpha value is -1.58. The summed E-state index contributed by atoms with van der Waals surface area (Å²) in [6.45, 7) is 0. The summed E-state index contributed by atoms with van der Waals surface area (Å²) >= 11 is 0. The summed E-state index contributed by atoms with van der Waals surface area (Å²) in [4.78, 5) is 16.9. The first-order chi connectivity index (χ1) is 7.09. The zero-order chi connectivity index (χ0) is 11.0. The molecule has 1 aliphatic rings. The Bertz CT molecular complexity index is 373. The highest BCUT2D eigenvalue weighted by Crippen LogP contribution is 2.47. The number of anilines is 1. The Labute approximate surface area is 88.6 Å². The number of carboxylic acids is 1. The fourth-order valence-electron chi connectivity index (χ4n) is 1.72. The van der Waals surface area contributed by atoms with Crippen LogP contribution in [0.25, 0.3) is 0 Å². The minimum absolute atomic E-state index is 0.172. The van der Waals surface area contributed by atoms with E-state index in [1.165, 1.54) is 0 Å². The third-order valence-electron chi connectivity index (χ3n) is 2.76. The van der Waals surface area contributed by atoms with Crippen molar-refractivity contribution in [3.05, 3.63) is 23.9 Å². The summed E-state index contributed by atoms with van der Waals surface area (Å²) in [7, 11) is 3.86. The maximum Gasteiger partial charge on any atom is 0.307 e. The lowest BCUT2D eigenvalue weighted by Gasteiger charge is -2.10. The van der Waals surface area contributed by atoms with Crippen LogP contribution < -0.4 is 4.90 Å². The number of nitrogens with zero attached hydrogens (tertiary/aromatic N) is 2. The largest absolute Gasteiger partial charge is 0.481 e. The van der Waals surface area contributed by atoms with E-state index in [1.54, 1.807) is 6.20 Å². The number of aliphatic carboxylic acids is 1. The number of hydrogen-bond acceptors (Lipinski definition) is 3. The molecule has 0 aliphatic heterocycles. The Kier molecular flexibility index (Phi) is 2.34. The second-order valence-corrected chi connectivity index (χ2v) is 4.13. The molecule has 1 heterocycles. The van der Waals surface area contributed by atoms with Gasteiger partial charge in [0.1, 0.15) is 5.82 Å². The quantitative estimate of drug-likeness (QED) is 0.810. The molecule has 0 aromatic carbocycles. The Balaban J connectivity index is 2.09. The van der Waals surface area contributed by atoms with Gasteiger partial charge < -0.3 is 10.0 Å². The molecule has 0 amide bonds. The minimum atomic E-state index is -0.698. The van der Waals surface area contributed by atoms with Crippen molar-refractivity contribution < 1.29 is 9.90 Å². The van der Waals surface area contributed by atoms with Crippen LogP contribution in [0.5, 0.6) is 0 Å². The van der Waals surface area contributed by atoms with E-state index in [2.05, 4.69) is 4.98 Å². The number of carbonyl (C=O) groups is 1. The Morgan fingerprint density at radius 3 is 2.67 bits per heavy atom. The van der Waals surface area contributed by atoms with E-state index < -0.39 is 5.97 Å². The molecule has 1 N–H and O–H groups in total. The predicted octanol–water partition coefficient (Wildman–Crippen LogP) is 1.34. The van der Waals surface area contributed by atoms with Gasteiger partial charge in [-0.25, -0.2) is 4.98 Å². The first kappa shape index (κ1) is 9.96. The van der Waals surface area contributed by atoms with Crippen molar-refractivity contribution in [3.8, 4) is 0 Å². The standard InChI is InChI=1S/C11H14N2O2/c1-13(2)10-4-3-7(6-12-10)8-5-9(8)11(14)15/h3-4,6,8-9H,5H2,1-2H3,(H,14,15). The van der Waals surface area contributed by atoms with Gasteiger partial charge in [0, 0.05) is 20.3 Å². The molecule has 1 aromatic rings. The molecule has 0 saturated heterocycles. The van der Waals surface area contributed by atoms with E-state index in [-0.39, 0.29) is 11.8 Å². The van der Waals surface area contributed by atoms with Crippen LogP contribution in [0.1, 0.15) is 17.9 Å². The van der Waals surface area contributed by atoms with Crippen molar-refractivity contribution in [1.82, 2.24) is 4.98 Å². The average Bonchev–Trinajstić information content (AvgIpc) is 2.97. The summed E-state index contributed by atoms with van der Waals surface area (Å²) in [5.41, 5.74) is 1.04. The highest BCUT2D eigenvalue weighted by Gasteiger charge is 2.44. The molecular weight excluding hydrogens is 192 g/mol. The molecule has 80 valence electrons. The molecule has 4 nitrogen and oxygen atoms in total. The predicted molar refractivity (Wildman–Crippen MR) is 57.0 cm³/mol. The van der Waals surface area contributed by atoms with Crippen molar-refractivity contribution in [2.75, 3.05) is 19.0 Å². The van der Waals surface area contributed by atoms with Crippen molar-refractivity contribution in [2.45, 2.75) is 12.3 Å². The molecule has 2 rings (SSSR count). The normalized spacial score (nSPS) is 23.6. The number of pyridine rings is 1. The summed E-state index contributed by atoms with van der Waals surface area (Å²) in [6.07, 6.45) is 2.53. The van der Waals surface area contributed by atoms with Gasteiger partial charge in [0.25, 0.3) is 0 Å². The molecule has 1 aromatic heterocycles. The second-order valence-electron chi connectivity index (χ2n) is 4.13. The molecule has 2 atom stereocenters. The molecule has 1 fully saturated rings. The molecule has 1 saturated carbocycles. The van der Waals surface area contributed by atoms with Gasteiger partial charge >= 0.3 is 5.97 Å². The lowest BCUT2D eigenvalue weighted by Crippen LogP contribution is -2.10. The second kappa shape index (κ2) is 3.53. The zero-order valence-corrected chi connectivity index (χ0v) is 8.84. The third-order valence-corrected chi connectivity index (χ3v) is 2.76. The highest BCUT2D eigenvalue weighted by molar-refractivity contribution is 5.75. The van der Waals surface area contributed by atoms with Gasteiger partial charge in [-0.2, -0.15) is 0 Å². The van der Waals surface area contributed by atoms with Gasteiger partial charge in [-0.1, -0.05) is 6.07 Å². The summed E-state index contributed by atoms with van der Waals surface area (Å²) < 4.78 is 0. The van der Waals surface area contributed by atoms with E-state index in [0.29, 0.717) is 0 Å². The van der Waals surface area contributed by atoms with Gasteiger partial charge in [-0.3, -0.25) is 4.79 Å². The van der Waals surface area contributed by atoms with E-state index in [0.717, 1.165) is 17.8 Å². The molecular formula is C11H14N2O2. The topological polar surface area (TPSA) is 53.4 Å².